The third-order valence-corrected chi connectivity index (χ3v) is 3.11. The molecule has 110 valence electrons. The molecule has 1 amide bonds. The average Bonchev–Trinajstić information content (AvgIpc) is 3.08. The van der Waals surface area contributed by atoms with Crippen LogP contribution in [0.15, 0.2) is 63.8 Å². The minimum Gasteiger partial charge on any atom is -0.364 e. The van der Waals surface area contributed by atoms with E-state index >= 15 is 0 Å². The molecule has 0 radical (unpaired) electrons. The van der Waals surface area contributed by atoms with Crippen LogP contribution in [0.3, 0.4) is 0 Å². The van der Waals surface area contributed by atoms with Crippen LogP contribution < -0.4 is 5.73 Å². The first-order valence-electron chi connectivity index (χ1n) is 6.64. The van der Waals surface area contributed by atoms with E-state index in [0.29, 0.717) is 12.2 Å². The van der Waals surface area contributed by atoms with Gasteiger partial charge < -0.3 is 15.2 Å². The van der Waals surface area contributed by atoms with Crippen LogP contribution in [0.1, 0.15) is 5.69 Å². The summed E-state index contributed by atoms with van der Waals surface area (Å²) in [5.74, 6) is -0.483. The number of carbonyl (C=O) groups is 1. The maximum absolute atomic E-state index is 11.8. The number of carbonyl (C=O) groups excluding carboxylic acids is 1. The average molecular weight is 294 g/mol. The van der Waals surface area contributed by atoms with Crippen LogP contribution in [0.2, 0.25) is 0 Å². The molecule has 1 aromatic rings. The zero-order chi connectivity index (χ0) is 15.4. The maximum Gasteiger partial charge on any atom is 0.267 e. The Kier molecular flexibility index (Phi) is 3.78. The Bertz CT molecular complexity index is 763. The van der Waals surface area contributed by atoms with Crippen molar-refractivity contribution in [1.82, 2.24) is 9.47 Å². The van der Waals surface area contributed by atoms with E-state index in [9.17, 15) is 4.79 Å². The van der Waals surface area contributed by atoms with Gasteiger partial charge in [-0.1, -0.05) is 0 Å². The first kappa shape index (κ1) is 13.7. The van der Waals surface area contributed by atoms with E-state index in [2.05, 4.69) is 15.0 Å². The van der Waals surface area contributed by atoms with E-state index in [1.54, 1.807) is 54.2 Å². The zero-order valence-corrected chi connectivity index (χ0v) is 11.7. The molecule has 22 heavy (non-hydrogen) atoms. The maximum atomic E-state index is 11.8. The van der Waals surface area contributed by atoms with Crippen LogP contribution >= 0.6 is 0 Å². The third kappa shape index (κ3) is 2.93. The molecule has 0 spiro atoms. The number of fused-ring (bicyclic) bond motifs is 2. The number of primary amides is 1. The van der Waals surface area contributed by atoms with E-state index in [1.165, 1.54) is 0 Å². The second-order valence-corrected chi connectivity index (χ2v) is 4.56. The number of nitrogens with two attached hydrogens (primary N) is 1. The van der Waals surface area contributed by atoms with Crippen molar-refractivity contribution in [3.05, 3.63) is 54.5 Å². The van der Waals surface area contributed by atoms with Crippen LogP contribution in [0, 0.1) is 0 Å². The normalized spacial score (nSPS) is 17.0. The minimum atomic E-state index is -0.483. The molecule has 3 heterocycles. The summed E-state index contributed by atoms with van der Waals surface area (Å²) in [7, 11) is 0. The predicted molar refractivity (Wildman–Crippen MR) is 86.4 cm³/mol. The Labute approximate surface area is 127 Å². The van der Waals surface area contributed by atoms with Gasteiger partial charge in [0.25, 0.3) is 5.91 Å². The van der Waals surface area contributed by atoms with Crippen molar-refractivity contribution >= 4 is 30.2 Å². The summed E-state index contributed by atoms with van der Waals surface area (Å²) in [5, 5.41) is 0. The molecule has 0 aromatic carbocycles. The molecule has 2 aliphatic rings. The molecule has 2 aliphatic heterocycles. The number of hydrogen-bond acceptors (Lipinski definition) is 5. The van der Waals surface area contributed by atoms with Crippen molar-refractivity contribution in [1.29, 1.82) is 0 Å². The molecule has 0 unspecified atom stereocenters. The van der Waals surface area contributed by atoms with Crippen molar-refractivity contribution in [3.63, 3.8) is 0 Å². The molecule has 0 atom stereocenters. The van der Waals surface area contributed by atoms with E-state index in [-0.39, 0.29) is 0 Å². The summed E-state index contributed by atoms with van der Waals surface area (Å²) in [6.07, 6.45) is 13.1. The van der Waals surface area contributed by atoms with E-state index < -0.39 is 5.91 Å². The molecular formula is C15H14N6O. The quantitative estimate of drug-likeness (QED) is 0.782. The topological polar surface area (TPSA) is 88.1 Å². The molecule has 7 heteroatoms. The summed E-state index contributed by atoms with van der Waals surface area (Å²) in [5.41, 5.74) is 7.59. The molecule has 1 aromatic heterocycles. The zero-order valence-electron chi connectivity index (χ0n) is 11.7. The van der Waals surface area contributed by atoms with Crippen molar-refractivity contribution in [2.75, 3.05) is 6.54 Å². The first-order valence-corrected chi connectivity index (χ1v) is 6.64. The number of amides is 1. The fourth-order valence-corrected chi connectivity index (χ4v) is 2.07. The lowest BCUT2D eigenvalue weighted by Gasteiger charge is -2.07. The van der Waals surface area contributed by atoms with Crippen molar-refractivity contribution in [2.24, 2.45) is 20.7 Å². The lowest BCUT2D eigenvalue weighted by atomic mass is 10.3. The largest absolute Gasteiger partial charge is 0.364 e. The summed E-state index contributed by atoms with van der Waals surface area (Å²) < 4.78 is 1.73. The number of hydrogen-bond donors (Lipinski definition) is 1. The molecular weight excluding hydrogens is 280 g/mol. The van der Waals surface area contributed by atoms with Crippen LogP contribution in [-0.2, 0) is 4.79 Å². The highest BCUT2D eigenvalue weighted by Crippen LogP contribution is 2.29. The molecule has 3 rings (SSSR count). The molecule has 0 aliphatic carbocycles. The van der Waals surface area contributed by atoms with Gasteiger partial charge in [0, 0.05) is 43.4 Å². The Morgan fingerprint density at radius 2 is 1.91 bits per heavy atom. The predicted octanol–water partition coefficient (Wildman–Crippen LogP) is 0.974. The highest BCUT2D eigenvalue weighted by molar-refractivity contribution is 6.16. The molecule has 2 N–H and O–H groups in total. The molecule has 1 fully saturated rings. The molecule has 0 bridgehead atoms. The van der Waals surface area contributed by atoms with Gasteiger partial charge in [-0.2, -0.15) is 0 Å². The number of aliphatic imine (C=N–C) groups is 3. The van der Waals surface area contributed by atoms with Gasteiger partial charge >= 0.3 is 0 Å². The Morgan fingerprint density at radius 3 is 2.73 bits per heavy atom. The molecule has 7 nitrogen and oxygen atoms in total. The van der Waals surface area contributed by atoms with Crippen LogP contribution in [0.5, 0.6) is 0 Å². The Hall–Kier alpha value is -3.22. The lowest BCUT2D eigenvalue weighted by molar-refractivity contribution is -0.113. The SMILES string of the molecule is NC(=O)C1=C2CN2C=CN=CC=NC=CN=Cc2cccn21. The van der Waals surface area contributed by atoms with Gasteiger partial charge in [0.1, 0.15) is 5.70 Å². The molecule has 0 saturated carbocycles. The lowest BCUT2D eigenvalue weighted by Crippen LogP contribution is -2.19. The Morgan fingerprint density at radius 1 is 1.14 bits per heavy atom. The van der Waals surface area contributed by atoms with Gasteiger partial charge in [-0.25, -0.2) is 0 Å². The number of nitrogens with zero attached hydrogens (tertiary/aromatic N) is 5. The van der Waals surface area contributed by atoms with Crippen molar-refractivity contribution in [2.45, 2.75) is 0 Å². The summed E-state index contributed by atoms with van der Waals surface area (Å²) in [6.45, 7) is 0.646. The van der Waals surface area contributed by atoms with Gasteiger partial charge in [-0.3, -0.25) is 19.8 Å². The highest BCUT2D eigenvalue weighted by atomic mass is 16.1. The van der Waals surface area contributed by atoms with Crippen LogP contribution in [0.25, 0.3) is 5.70 Å². The number of aromatic nitrogens is 1. The van der Waals surface area contributed by atoms with E-state index in [1.807, 2.05) is 17.0 Å². The monoisotopic (exact) mass is 294 g/mol. The summed E-state index contributed by atoms with van der Waals surface area (Å²) in [4.78, 5) is 25.9. The van der Waals surface area contributed by atoms with Gasteiger partial charge in [-0.15, -0.1) is 0 Å². The summed E-state index contributed by atoms with van der Waals surface area (Å²) in [6, 6.07) is 3.69. The standard InChI is InChI=1S/C15H14N6O/c16-15(22)14-13-11-20(13)9-7-18-4-3-17-5-6-19-10-12-2-1-8-21(12)14/h1-10H,11H2,(H2,16,22). The van der Waals surface area contributed by atoms with Crippen molar-refractivity contribution < 1.29 is 4.79 Å². The van der Waals surface area contributed by atoms with Crippen LogP contribution in [0.4, 0.5) is 0 Å². The fraction of sp³-hybridized carbons (Fsp3) is 0.0667. The highest BCUT2D eigenvalue weighted by Gasteiger charge is 2.31. The summed E-state index contributed by atoms with van der Waals surface area (Å²) >= 11 is 0. The van der Waals surface area contributed by atoms with Gasteiger partial charge in [-0.05, 0) is 12.1 Å². The third-order valence-electron chi connectivity index (χ3n) is 3.11. The molecule has 1 saturated heterocycles. The van der Waals surface area contributed by atoms with Gasteiger partial charge in [0.15, 0.2) is 0 Å². The van der Waals surface area contributed by atoms with Crippen molar-refractivity contribution in [3.8, 4) is 0 Å². The van der Waals surface area contributed by atoms with Crippen LogP contribution in [-0.4, -0.2) is 40.6 Å². The smallest absolute Gasteiger partial charge is 0.267 e. The van der Waals surface area contributed by atoms with Gasteiger partial charge in [0.05, 0.1) is 24.2 Å². The Balaban J connectivity index is 2.05. The minimum absolute atomic E-state index is 0.440. The fourth-order valence-electron chi connectivity index (χ4n) is 2.07. The second kappa shape index (κ2) is 6.04. The van der Waals surface area contributed by atoms with Gasteiger partial charge in [0.2, 0.25) is 0 Å². The second-order valence-electron chi connectivity index (χ2n) is 4.56. The van der Waals surface area contributed by atoms with E-state index in [0.717, 1.165) is 11.4 Å². The van der Waals surface area contributed by atoms with E-state index in [4.69, 9.17) is 5.73 Å². The first-order chi connectivity index (χ1) is 10.8. The number of rotatable bonds is 1.